The first-order chi connectivity index (χ1) is 6.75. The van der Waals surface area contributed by atoms with E-state index in [1.54, 1.807) is 0 Å². The lowest BCUT2D eigenvalue weighted by Gasteiger charge is -2.05. The quantitative estimate of drug-likeness (QED) is 0.804. The summed E-state index contributed by atoms with van der Waals surface area (Å²) in [5.41, 5.74) is 2.49. The van der Waals surface area contributed by atoms with E-state index in [1.165, 1.54) is 24.0 Å². The zero-order chi connectivity index (χ0) is 9.97. The smallest absolute Gasteiger partial charge is 0.0441 e. The molecule has 0 heterocycles. The molecule has 1 aliphatic rings. The van der Waals surface area contributed by atoms with Crippen molar-refractivity contribution in [1.29, 1.82) is 0 Å². The number of hydrogen-bond acceptors (Lipinski definition) is 1. The Balaban J connectivity index is 1.87. The second-order valence-corrected chi connectivity index (χ2v) is 4.48. The molecular formula is C12H16ClN. The van der Waals surface area contributed by atoms with E-state index >= 15 is 0 Å². The monoisotopic (exact) mass is 209 g/mol. The molecule has 0 unspecified atom stereocenters. The van der Waals surface area contributed by atoms with E-state index in [9.17, 15) is 0 Å². The molecule has 76 valence electrons. The summed E-state index contributed by atoms with van der Waals surface area (Å²) in [6.07, 6.45) is 3.73. The lowest BCUT2D eigenvalue weighted by Crippen LogP contribution is -2.19. The van der Waals surface area contributed by atoms with Gasteiger partial charge in [-0.3, -0.25) is 0 Å². The van der Waals surface area contributed by atoms with Crippen LogP contribution < -0.4 is 5.32 Å². The van der Waals surface area contributed by atoms with Crippen molar-refractivity contribution < 1.29 is 0 Å². The molecule has 0 saturated heterocycles. The van der Waals surface area contributed by atoms with Crippen molar-refractivity contribution in [2.24, 2.45) is 0 Å². The maximum absolute atomic E-state index is 6.13. The van der Waals surface area contributed by atoms with E-state index in [-0.39, 0.29) is 0 Å². The fourth-order valence-corrected chi connectivity index (χ4v) is 1.88. The summed E-state index contributed by atoms with van der Waals surface area (Å²) in [7, 11) is 0. The Morgan fingerprint density at radius 1 is 1.43 bits per heavy atom. The number of halogens is 1. The molecule has 0 atom stereocenters. The molecule has 2 heteroatoms. The van der Waals surface area contributed by atoms with Crippen LogP contribution in [0.2, 0.25) is 5.02 Å². The van der Waals surface area contributed by atoms with Crippen LogP contribution in [-0.2, 0) is 6.42 Å². The summed E-state index contributed by atoms with van der Waals surface area (Å²) < 4.78 is 0. The van der Waals surface area contributed by atoms with Crippen molar-refractivity contribution in [3.8, 4) is 0 Å². The first-order valence-electron chi connectivity index (χ1n) is 5.24. The van der Waals surface area contributed by atoms with Crippen LogP contribution in [0.1, 0.15) is 24.0 Å². The molecule has 2 rings (SSSR count). The van der Waals surface area contributed by atoms with Crippen LogP contribution in [0, 0.1) is 6.92 Å². The molecule has 1 aromatic rings. The van der Waals surface area contributed by atoms with Gasteiger partial charge in [-0.25, -0.2) is 0 Å². The van der Waals surface area contributed by atoms with E-state index < -0.39 is 0 Å². The molecule has 1 aromatic carbocycles. The Kier molecular flexibility index (Phi) is 3.09. The maximum Gasteiger partial charge on any atom is 0.0441 e. The lowest BCUT2D eigenvalue weighted by atomic mass is 10.1. The fraction of sp³-hybridized carbons (Fsp3) is 0.500. The van der Waals surface area contributed by atoms with Crippen molar-refractivity contribution in [2.45, 2.75) is 32.2 Å². The summed E-state index contributed by atoms with van der Waals surface area (Å²) >= 11 is 6.13. The van der Waals surface area contributed by atoms with Gasteiger partial charge in [-0.15, -0.1) is 0 Å². The van der Waals surface area contributed by atoms with E-state index in [1.807, 2.05) is 6.07 Å². The van der Waals surface area contributed by atoms with Crippen molar-refractivity contribution in [3.05, 3.63) is 34.3 Å². The van der Waals surface area contributed by atoms with Gasteiger partial charge in [-0.05, 0) is 49.9 Å². The number of hydrogen-bond donors (Lipinski definition) is 1. The molecule has 1 nitrogen and oxygen atoms in total. The Morgan fingerprint density at radius 2 is 2.21 bits per heavy atom. The summed E-state index contributed by atoms with van der Waals surface area (Å²) in [6.45, 7) is 3.12. The highest BCUT2D eigenvalue weighted by Crippen LogP contribution is 2.20. The SMILES string of the molecule is Cc1ccc(CCNC2CC2)c(Cl)c1. The highest BCUT2D eigenvalue weighted by Gasteiger charge is 2.19. The zero-order valence-corrected chi connectivity index (χ0v) is 9.27. The number of benzene rings is 1. The highest BCUT2D eigenvalue weighted by atomic mass is 35.5. The molecule has 1 fully saturated rings. The Hall–Kier alpha value is -0.530. The molecule has 0 bridgehead atoms. The molecule has 0 aliphatic heterocycles. The average Bonchev–Trinajstić information content (AvgIpc) is 2.92. The van der Waals surface area contributed by atoms with Crippen LogP contribution in [0.15, 0.2) is 18.2 Å². The van der Waals surface area contributed by atoms with Crippen LogP contribution in [0.3, 0.4) is 0 Å². The summed E-state index contributed by atoms with van der Waals surface area (Å²) in [5, 5.41) is 4.39. The van der Waals surface area contributed by atoms with Crippen molar-refractivity contribution >= 4 is 11.6 Å². The molecule has 0 amide bonds. The van der Waals surface area contributed by atoms with Crippen LogP contribution in [0.5, 0.6) is 0 Å². The average molecular weight is 210 g/mol. The topological polar surface area (TPSA) is 12.0 Å². The largest absolute Gasteiger partial charge is 0.314 e. The molecule has 1 saturated carbocycles. The van der Waals surface area contributed by atoms with Crippen LogP contribution in [0.25, 0.3) is 0 Å². The Labute approximate surface area is 90.5 Å². The molecule has 0 spiro atoms. The van der Waals surface area contributed by atoms with Gasteiger partial charge in [-0.2, -0.15) is 0 Å². The molecule has 14 heavy (non-hydrogen) atoms. The predicted octanol–water partition coefficient (Wildman–Crippen LogP) is 2.94. The first-order valence-corrected chi connectivity index (χ1v) is 5.62. The standard InChI is InChI=1S/C12H16ClN/c1-9-2-3-10(12(13)8-9)6-7-14-11-4-5-11/h2-3,8,11,14H,4-7H2,1H3. The third-order valence-corrected chi connectivity index (χ3v) is 2.97. The van der Waals surface area contributed by atoms with Gasteiger partial charge in [-0.1, -0.05) is 23.7 Å². The van der Waals surface area contributed by atoms with Gasteiger partial charge in [0.25, 0.3) is 0 Å². The van der Waals surface area contributed by atoms with Gasteiger partial charge in [0.1, 0.15) is 0 Å². The Bertz CT molecular complexity index is 318. The first kappa shape index (κ1) is 10.0. The van der Waals surface area contributed by atoms with E-state index in [0.29, 0.717) is 0 Å². The number of rotatable bonds is 4. The van der Waals surface area contributed by atoms with Crippen molar-refractivity contribution in [2.75, 3.05) is 6.54 Å². The second-order valence-electron chi connectivity index (χ2n) is 4.07. The van der Waals surface area contributed by atoms with Gasteiger partial charge >= 0.3 is 0 Å². The third-order valence-electron chi connectivity index (χ3n) is 2.61. The summed E-state index contributed by atoms with van der Waals surface area (Å²) in [5.74, 6) is 0. The second kappa shape index (κ2) is 4.33. The molecule has 0 radical (unpaired) electrons. The van der Waals surface area contributed by atoms with E-state index in [4.69, 9.17) is 11.6 Å². The number of aryl methyl sites for hydroxylation is 1. The molecule has 0 aromatic heterocycles. The predicted molar refractivity (Wildman–Crippen MR) is 60.9 cm³/mol. The molecular weight excluding hydrogens is 194 g/mol. The molecule has 1 N–H and O–H groups in total. The van der Waals surface area contributed by atoms with Gasteiger partial charge < -0.3 is 5.32 Å². The van der Waals surface area contributed by atoms with Crippen LogP contribution in [-0.4, -0.2) is 12.6 Å². The van der Waals surface area contributed by atoms with E-state index in [2.05, 4.69) is 24.4 Å². The van der Waals surface area contributed by atoms with Gasteiger partial charge in [0.2, 0.25) is 0 Å². The van der Waals surface area contributed by atoms with Crippen LogP contribution >= 0.6 is 11.6 Å². The van der Waals surface area contributed by atoms with Gasteiger partial charge in [0.05, 0.1) is 0 Å². The van der Waals surface area contributed by atoms with Gasteiger partial charge in [0.15, 0.2) is 0 Å². The minimum absolute atomic E-state index is 0.791. The van der Waals surface area contributed by atoms with Crippen molar-refractivity contribution in [1.82, 2.24) is 5.32 Å². The Morgan fingerprint density at radius 3 is 2.86 bits per heavy atom. The van der Waals surface area contributed by atoms with E-state index in [0.717, 1.165) is 24.0 Å². The summed E-state index contributed by atoms with van der Waals surface area (Å²) in [4.78, 5) is 0. The fourth-order valence-electron chi connectivity index (χ4n) is 1.55. The minimum atomic E-state index is 0.791. The van der Waals surface area contributed by atoms with Crippen molar-refractivity contribution in [3.63, 3.8) is 0 Å². The highest BCUT2D eigenvalue weighted by molar-refractivity contribution is 6.31. The summed E-state index contributed by atoms with van der Waals surface area (Å²) in [6, 6.07) is 7.08. The normalized spacial score (nSPS) is 15.9. The third kappa shape index (κ3) is 2.73. The zero-order valence-electron chi connectivity index (χ0n) is 8.52. The molecule has 1 aliphatic carbocycles. The van der Waals surface area contributed by atoms with Crippen LogP contribution in [0.4, 0.5) is 0 Å². The lowest BCUT2D eigenvalue weighted by molar-refractivity contribution is 0.682. The van der Waals surface area contributed by atoms with Gasteiger partial charge in [0, 0.05) is 11.1 Å². The maximum atomic E-state index is 6.13. The number of nitrogens with one attached hydrogen (secondary N) is 1. The minimum Gasteiger partial charge on any atom is -0.314 e.